The molecule has 1 amide bonds. The van der Waals surface area contributed by atoms with Crippen molar-refractivity contribution in [2.75, 3.05) is 5.75 Å². The average Bonchev–Trinajstić information content (AvgIpc) is 2.66. The Hall–Kier alpha value is -2.60. The lowest BCUT2D eigenvalue weighted by Crippen LogP contribution is -2.25. The number of nitrogens with zero attached hydrogens (tertiary/aromatic N) is 2. The third-order valence-corrected chi connectivity index (χ3v) is 5.47. The van der Waals surface area contributed by atoms with Crippen molar-refractivity contribution in [2.24, 2.45) is 10.1 Å². The minimum atomic E-state index is -0.0282. The van der Waals surface area contributed by atoms with Crippen LogP contribution in [0.5, 0.6) is 0 Å². The Bertz CT molecular complexity index is 903. The summed E-state index contributed by atoms with van der Waals surface area (Å²) >= 11 is 1.65. The summed E-state index contributed by atoms with van der Waals surface area (Å²) in [5.74, 6) is 0.733. The van der Waals surface area contributed by atoms with Gasteiger partial charge in [-0.05, 0) is 49.1 Å². The van der Waals surface area contributed by atoms with Crippen molar-refractivity contribution >= 4 is 34.2 Å². The lowest BCUT2D eigenvalue weighted by Gasteiger charge is -2.17. The predicted octanol–water partition coefficient (Wildman–Crippen LogP) is 4.23. The molecule has 140 valence electrons. The normalized spacial score (nSPS) is 16.4. The third-order valence-electron chi connectivity index (χ3n) is 4.59. The van der Waals surface area contributed by atoms with Crippen LogP contribution >= 0.6 is 11.8 Å². The summed E-state index contributed by atoms with van der Waals surface area (Å²) in [4.78, 5) is 15.9. The maximum absolute atomic E-state index is 11.2. The van der Waals surface area contributed by atoms with Crippen LogP contribution in [-0.4, -0.2) is 22.5 Å². The molecule has 0 aliphatic carbocycles. The van der Waals surface area contributed by atoms with Gasteiger partial charge in [0.15, 0.2) is 5.17 Å². The second-order valence-corrected chi connectivity index (χ2v) is 7.60. The van der Waals surface area contributed by atoms with Crippen molar-refractivity contribution in [3.05, 3.63) is 64.7 Å². The van der Waals surface area contributed by atoms with Crippen LogP contribution in [0.15, 0.2) is 52.6 Å². The second-order valence-electron chi connectivity index (χ2n) is 6.64. The molecule has 2 aromatic rings. The van der Waals surface area contributed by atoms with E-state index in [-0.39, 0.29) is 11.9 Å². The molecule has 27 heavy (non-hydrogen) atoms. The molecule has 6 heteroatoms. The third kappa shape index (κ3) is 4.77. The number of hydrogen-bond acceptors (Lipinski definition) is 4. The SMILES string of the molecule is CC(=O)N[C@H](C)c1ccc(C2=NNC(=Nc3cccc(C)c3C)SC2)cc1. The highest BCUT2D eigenvalue weighted by molar-refractivity contribution is 8.14. The van der Waals surface area contributed by atoms with E-state index in [0.717, 1.165) is 33.4 Å². The Morgan fingerprint density at radius 3 is 2.59 bits per heavy atom. The van der Waals surface area contributed by atoms with Crippen LogP contribution in [0.4, 0.5) is 5.69 Å². The van der Waals surface area contributed by atoms with Gasteiger partial charge in [-0.1, -0.05) is 48.2 Å². The fraction of sp³-hybridized carbons (Fsp3) is 0.286. The first-order valence-corrected chi connectivity index (χ1v) is 9.90. The first-order chi connectivity index (χ1) is 12.9. The van der Waals surface area contributed by atoms with E-state index in [0.29, 0.717) is 0 Å². The molecule has 1 aliphatic rings. The molecule has 1 aliphatic heterocycles. The van der Waals surface area contributed by atoms with Crippen molar-refractivity contribution in [1.29, 1.82) is 0 Å². The van der Waals surface area contributed by atoms with E-state index in [1.54, 1.807) is 11.8 Å². The first kappa shape index (κ1) is 19.2. The van der Waals surface area contributed by atoms with Gasteiger partial charge in [-0.25, -0.2) is 4.99 Å². The van der Waals surface area contributed by atoms with Gasteiger partial charge in [0.25, 0.3) is 0 Å². The maximum Gasteiger partial charge on any atom is 0.217 e. The number of rotatable bonds is 4. The highest BCUT2D eigenvalue weighted by Crippen LogP contribution is 2.24. The monoisotopic (exact) mass is 380 g/mol. The lowest BCUT2D eigenvalue weighted by atomic mass is 10.0. The number of carbonyl (C=O) groups is 1. The number of hydrazone groups is 1. The van der Waals surface area contributed by atoms with E-state index in [4.69, 9.17) is 4.99 Å². The van der Waals surface area contributed by atoms with Crippen molar-refractivity contribution in [3.8, 4) is 0 Å². The summed E-state index contributed by atoms with van der Waals surface area (Å²) < 4.78 is 0. The van der Waals surface area contributed by atoms with Gasteiger partial charge >= 0.3 is 0 Å². The zero-order valence-electron chi connectivity index (χ0n) is 16.0. The lowest BCUT2D eigenvalue weighted by molar-refractivity contribution is -0.119. The molecule has 2 aromatic carbocycles. The average molecular weight is 381 g/mol. The predicted molar refractivity (Wildman–Crippen MR) is 114 cm³/mol. The summed E-state index contributed by atoms with van der Waals surface area (Å²) in [5, 5.41) is 8.20. The van der Waals surface area contributed by atoms with E-state index in [1.165, 1.54) is 18.1 Å². The van der Waals surface area contributed by atoms with Crippen molar-refractivity contribution in [3.63, 3.8) is 0 Å². The van der Waals surface area contributed by atoms with E-state index < -0.39 is 0 Å². The number of nitrogens with one attached hydrogen (secondary N) is 2. The molecule has 0 spiro atoms. The van der Waals surface area contributed by atoms with E-state index in [9.17, 15) is 4.79 Å². The Kier molecular flexibility index (Phi) is 5.96. The van der Waals surface area contributed by atoms with Crippen molar-refractivity contribution in [1.82, 2.24) is 10.7 Å². The van der Waals surface area contributed by atoms with Gasteiger partial charge in [-0.2, -0.15) is 5.10 Å². The van der Waals surface area contributed by atoms with Crippen LogP contribution in [0.3, 0.4) is 0 Å². The highest BCUT2D eigenvalue weighted by Gasteiger charge is 2.14. The summed E-state index contributed by atoms with van der Waals surface area (Å²) in [7, 11) is 0. The molecule has 0 bridgehead atoms. The molecule has 3 rings (SSSR count). The Balaban J connectivity index is 1.71. The summed E-state index contributed by atoms with van der Waals surface area (Å²) in [5.41, 5.74) is 9.59. The quantitative estimate of drug-likeness (QED) is 0.834. The topological polar surface area (TPSA) is 65.8 Å². The molecule has 0 saturated carbocycles. The molecule has 0 radical (unpaired) electrons. The van der Waals surface area contributed by atoms with Crippen LogP contribution in [0.1, 0.15) is 42.1 Å². The molecule has 0 saturated heterocycles. The van der Waals surface area contributed by atoms with Gasteiger partial charge in [0.05, 0.1) is 17.4 Å². The molecule has 2 N–H and O–H groups in total. The summed E-state index contributed by atoms with van der Waals surface area (Å²) in [6, 6.07) is 14.3. The number of aryl methyl sites for hydroxylation is 1. The Morgan fingerprint density at radius 1 is 1.22 bits per heavy atom. The highest BCUT2D eigenvalue weighted by atomic mass is 32.2. The van der Waals surface area contributed by atoms with E-state index >= 15 is 0 Å². The Morgan fingerprint density at radius 2 is 1.96 bits per heavy atom. The number of carbonyl (C=O) groups excluding carboxylic acids is 1. The van der Waals surface area contributed by atoms with Crippen LogP contribution < -0.4 is 10.7 Å². The number of aliphatic imine (C=N–C) groups is 1. The fourth-order valence-corrected chi connectivity index (χ4v) is 3.62. The number of benzene rings is 2. The van der Waals surface area contributed by atoms with Gasteiger partial charge < -0.3 is 5.32 Å². The van der Waals surface area contributed by atoms with E-state index in [2.05, 4.69) is 35.8 Å². The number of hydrogen-bond donors (Lipinski definition) is 2. The Labute approximate surface area is 164 Å². The van der Waals surface area contributed by atoms with Gasteiger partial charge in [-0.3, -0.25) is 10.2 Å². The molecule has 0 fully saturated rings. The summed E-state index contributed by atoms with van der Waals surface area (Å²) in [6.45, 7) is 7.68. The maximum atomic E-state index is 11.2. The second kappa shape index (κ2) is 8.39. The van der Waals surface area contributed by atoms with Crippen LogP contribution in [0, 0.1) is 13.8 Å². The van der Waals surface area contributed by atoms with Gasteiger partial charge in [-0.15, -0.1) is 0 Å². The molecular formula is C21H24N4OS. The molecule has 1 heterocycles. The minimum Gasteiger partial charge on any atom is -0.350 e. The molecule has 0 unspecified atom stereocenters. The molecular weight excluding hydrogens is 356 g/mol. The van der Waals surface area contributed by atoms with E-state index in [1.807, 2.05) is 43.3 Å². The standard InChI is InChI=1S/C21H24N4OS/c1-13-6-5-7-19(14(13)2)23-21-25-24-20(12-27-21)18-10-8-17(9-11-18)15(3)22-16(4)26/h5-11,15H,12H2,1-4H3,(H,22,26)(H,23,25)/t15-/m1/s1. The number of amidine groups is 1. The van der Waals surface area contributed by atoms with Gasteiger partial charge in [0.1, 0.15) is 0 Å². The van der Waals surface area contributed by atoms with Gasteiger partial charge in [0.2, 0.25) is 5.91 Å². The van der Waals surface area contributed by atoms with Crippen LogP contribution in [0.2, 0.25) is 0 Å². The largest absolute Gasteiger partial charge is 0.350 e. The fourth-order valence-electron chi connectivity index (χ4n) is 2.84. The van der Waals surface area contributed by atoms with Crippen molar-refractivity contribution < 1.29 is 4.79 Å². The number of amides is 1. The molecule has 1 atom stereocenters. The molecule has 0 aromatic heterocycles. The van der Waals surface area contributed by atoms with Crippen LogP contribution in [0.25, 0.3) is 0 Å². The van der Waals surface area contributed by atoms with Crippen LogP contribution in [-0.2, 0) is 4.79 Å². The zero-order valence-corrected chi connectivity index (χ0v) is 16.9. The summed E-state index contributed by atoms with van der Waals surface area (Å²) in [6.07, 6.45) is 0. The zero-order chi connectivity index (χ0) is 19.4. The minimum absolute atomic E-state index is 0.00588. The molecule has 5 nitrogen and oxygen atoms in total. The van der Waals surface area contributed by atoms with Gasteiger partial charge in [0, 0.05) is 12.7 Å². The first-order valence-electron chi connectivity index (χ1n) is 8.91. The van der Waals surface area contributed by atoms with Crippen molar-refractivity contribution in [2.45, 2.75) is 33.7 Å². The smallest absolute Gasteiger partial charge is 0.217 e. The number of thioether (sulfide) groups is 1.